The Morgan fingerprint density at radius 3 is 1.62 bits per heavy atom. The molecule has 1 rings (SSSR count). The van der Waals surface area contributed by atoms with Crippen LogP contribution in [-0.4, -0.2) is 0 Å². The fraction of sp³-hybridized carbons (Fsp3) is 0.600. The minimum Gasteiger partial charge on any atom is -0.439 e. The van der Waals surface area contributed by atoms with Crippen molar-refractivity contribution in [1.29, 1.82) is 0 Å². The molecule has 0 N–H and O–H groups in total. The number of rotatable bonds is 5. The Balaban J connectivity index is 3.51. The quantitative estimate of drug-likeness (QED) is 0.593. The van der Waals surface area contributed by atoms with Gasteiger partial charge in [0.2, 0.25) is 0 Å². The van der Waals surface area contributed by atoms with Crippen molar-refractivity contribution in [3.8, 4) is 12.0 Å². The van der Waals surface area contributed by atoms with Crippen LogP contribution >= 0.6 is 0 Å². The Morgan fingerprint density at radius 2 is 1.29 bits per heavy atom. The zero-order valence-electron chi connectivity index (χ0n) is 14.9. The van der Waals surface area contributed by atoms with E-state index in [-0.39, 0.29) is 6.10 Å². The number of ether oxygens (including phenoxy) is 1. The van der Waals surface area contributed by atoms with Gasteiger partial charge in [-0.15, -0.1) is 0 Å². The Kier molecular flexibility index (Phi) is 6.34. The molecule has 1 atom stereocenters. The van der Waals surface area contributed by atoms with Gasteiger partial charge in [0.05, 0.1) is 0 Å². The molecule has 0 radical (unpaired) electrons. The van der Waals surface area contributed by atoms with Crippen molar-refractivity contribution in [2.24, 2.45) is 0 Å². The predicted molar refractivity (Wildman–Crippen MR) is 91.7 cm³/mol. The molecule has 116 valence electrons. The first-order chi connectivity index (χ1) is 9.79. The van der Waals surface area contributed by atoms with Crippen LogP contribution < -0.4 is 0 Å². The van der Waals surface area contributed by atoms with Crippen LogP contribution in [0.15, 0.2) is 12.1 Å². The van der Waals surface area contributed by atoms with Crippen molar-refractivity contribution in [1.82, 2.24) is 0 Å². The third-order valence-electron chi connectivity index (χ3n) is 3.92. The van der Waals surface area contributed by atoms with E-state index in [2.05, 4.69) is 72.6 Å². The zero-order chi connectivity index (χ0) is 16.2. The second-order valence-corrected chi connectivity index (χ2v) is 6.69. The first-order valence-electron chi connectivity index (χ1n) is 8.04. The van der Waals surface area contributed by atoms with Gasteiger partial charge >= 0.3 is 0 Å². The summed E-state index contributed by atoms with van der Waals surface area (Å²) < 4.78 is 5.70. The zero-order valence-corrected chi connectivity index (χ0v) is 14.9. The lowest BCUT2D eigenvalue weighted by atomic mass is 9.82. The van der Waals surface area contributed by atoms with E-state index >= 15 is 0 Å². The lowest BCUT2D eigenvalue weighted by Gasteiger charge is -2.25. The normalized spacial score (nSPS) is 12.5. The standard InChI is InChI=1S/C20H30O/c1-9-10-21-16(8)20-18(14(4)5)11-17(13(2)3)12-19(20)15(6)7/h11-16H,1-8H3/t16-/m0/s1. The lowest BCUT2D eigenvalue weighted by Crippen LogP contribution is -2.10. The summed E-state index contributed by atoms with van der Waals surface area (Å²) in [5, 5.41) is 0. The van der Waals surface area contributed by atoms with Crippen LogP contribution in [0, 0.1) is 12.0 Å². The van der Waals surface area contributed by atoms with Crippen LogP contribution in [-0.2, 0) is 4.74 Å². The van der Waals surface area contributed by atoms with Gasteiger partial charge in [0, 0.05) is 12.5 Å². The molecule has 0 aromatic heterocycles. The Bertz CT molecular complexity index is 497. The van der Waals surface area contributed by atoms with Gasteiger partial charge < -0.3 is 4.74 Å². The van der Waals surface area contributed by atoms with Crippen molar-refractivity contribution in [3.05, 3.63) is 34.4 Å². The molecule has 0 amide bonds. The molecule has 0 aliphatic carbocycles. The molecule has 21 heavy (non-hydrogen) atoms. The Morgan fingerprint density at radius 1 is 0.810 bits per heavy atom. The molecule has 0 aliphatic heterocycles. The maximum absolute atomic E-state index is 5.70. The van der Waals surface area contributed by atoms with Crippen LogP contribution in [0.2, 0.25) is 0 Å². The molecule has 0 bridgehead atoms. The molecular formula is C20H30O. The van der Waals surface area contributed by atoms with E-state index in [1.165, 1.54) is 22.3 Å². The van der Waals surface area contributed by atoms with E-state index in [1.54, 1.807) is 6.92 Å². The summed E-state index contributed by atoms with van der Waals surface area (Å²) in [7, 11) is 0. The minimum atomic E-state index is 0.00784. The van der Waals surface area contributed by atoms with E-state index in [0.29, 0.717) is 17.8 Å². The molecule has 1 aromatic rings. The van der Waals surface area contributed by atoms with Crippen molar-refractivity contribution in [3.63, 3.8) is 0 Å². The second kappa shape index (κ2) is 7.55. The highest BCUT2D eigenvalue weighted by Crippen LogP contribution is 2.36. The molecule has 1 heteroatoms. The van der Waals surface area contributed by atoms with E-state index in [9.17, 15) is 0 Å². The van der Waals surface area contributed by atoms with Gasteiger partial charge in [-0.05, 0) is 41.4 Å². The average molecular weight is 286 g/mol. The van der Waals surface area contributed by atoms with Gasteiger partial charge in [-0.2, -0.15) is 0 Å². The van der Waals surface area contributed by atoms with Gasteiger partial charge in [-0.3, -0.25) is 0 Å². The molecule has 1 nitrogen and oxygen atoms in total. The summed E-state index contributed by atoms with van der Waals surface area (Å²) in [4.78, 5) is 0. The Labute approximate surface area is 131 Å². The third-order valence-corrected chi connectivity index (χ3v) is 3.92. The van der Waals surface area contributed by atoms with Gasteiger partial charge in [0.15, 0.2) is 0 Å². The van der Waals surface area contributed by atoms with Crippen molar-refractivity contribution in [2.75, 3.05) is 0 Å². The van der Waals surface area contributed by atoms with Crippen LogP contribution in [0.25, 0.3) is 0 Å². The number of hydrogen-bond donors (Lipinski definition) is 0. The Hall–Kier alpha value is -1.42. The smallest absolute Gasteiger partial charge is 0.133 e. The SMILES string of the molecule is CC#CO[C@@H](C)c1c(C(C)C)cc(C(C)C)cc1C(C)C. The van der Waals surface area contributed by atoms with Gasteiger partial charge in [0.1, 0.15) is 12.2 Å². The first kappa shape index (κ1) is 17.6. The van der Waals surface area contributed by atoms with Crippen molar-refractivity contribution < 1.29 is 4.74 Å². The highest BCUT2D eigenvalue weighted by atomic mass is 16.5. The summed E-state index contributed by atoms with van der Waals surface area (Å²) >= 11 is 0. The molecular weight excluding hydrogens is 256 g/mol. The van der Waals surface area contributed by atoms with Gasteiger partial charge in [-0.25, -0.2) is 0 Å². The largest absolute Gasteiger partial charge is 0.439 e. The summed E-state index contributed by atoms with van der Waals surface area (Å²) in [5.41, 5.74) is 5.54. The molecule has 0 unspecified atom stereocenters. The van der Waals surface area contributed by atoms with E-state index in [1.807, 2.05) is 0 Å². The number of hydrogen-bond acceptors (Lipinski definition) is 1. The maximum atomic E-state index is 5.70. The molecule has 0 heterocycles. The first-order valence-corrected chi connectivity index (χ1v) is 8.04. The summed E-state index contributed by atoms with van der Waals surface area (Å²) in [6.07, 6.45) is 2.77. The third kappa shape index (κ3) is 4.27. The number of benzene rings is 1. The van der Waals surface area contributed by atoms with E-state index < -0.39 is 0 Å². The van der Waals surface area contributed by atoms with Gasteiger partial charge in [-0.1, -0.05) is 59.6 Å². The summed E-state index contributed by atoms with van der Waals surface area (Å²) in [6, 6.07) is 4.71. The minimum absolute atomic E-state index is 0.00784. The van der Waals surface area contributed by atoms with Crippen LogP contribution in [0.5, 0.6) is 0 Å². The maximum Gasteiger partial charge on any atom is 0.133 e. The van der Waals surface area contributed by atoms with Gasteiger partial charge in [0.25, 0.3) is 0 Å². The molecule has 0 aliphatic rings. The molecule has 0 spiro atoms. The van der Waals surface area contributed by atoms with Crippen LogP contribution in [0.1, 0.15) is 102 Å². The highest BCUT2D eigenvalue weighted by Gasteiger charge is 2.21. The highest BCUT2D eigenvalue weighted by molar-refractivity contribution is 5.45. The predicted octanol–water partition coefficient (Wildman–Crippen LogP) is 6.12. The topological polar surface area (TPSA) is 9.23 Å². The van der Waals surface area contributed by atoms with Crippen LogP contribution in [0.4, 0.5) is 0 Å². The van der Waals surface area contributed by atoms with Crippen molar-refractivity contribution in [2.45, 2.75) is 79.2 Å². The summed E-state index contributed by atoms with van der Waals surface area (Å²) in [5.74, 6) is 4.33. The molecule has 0 fully saturated rings. The monoisotopic (exact) mass is 286 g/mol. The lowest BCUT2D eigenvalue weighted by molar-refractivity contribution is 0.185. The second-order valence-electron chi connectivity index (χ2n) is 6.69. The molecule has 0 saturated carbocycles. The average Bonchev–Trinajstić information content (AvgIpc) is 2.42. The molecule has 1 aromatic carbocycles. The summed E-state index contributed by atoms with van der Waals surface area (Å²) in [6.45, 7) is 17.4. The van der Waals surface area contributed by atoms with Crippen LogP contribution in [0.3, 0.4) is 0 Å². The molecule has 0 saturated heterocycles. The van der Waals surface area contributed by atoms with E-state index in [0.717, 1.165) is 0 Å². The fourth-order valence-corrected chi connectivity index (χ4v) is 2.69. The fourth-order valence-electron chi connectivity index (χ4n) is 2.69. The van der Waals surface area contributed by atoms with Crippen molar-refractivity contribution >= 4 is 0 Å². The van der Waals surface area contributed by atoms with E-state index in [4.69, 9.17) is 4.74 Å².